The van der Waals surface area contributed by atoms with E-state index in [0.29, 0.717) is 0 Å². The van der Waals surface area contributed by atoms with Crippen LogP contribution in [0.3, 0.4) is 0 Å². The Kier molecular flexibility index (Phi) is 3.31. The summed E-state index contributed by atoms with van der Waals surface area (Å²) < 4.78 is 5.05. The number of nitrogens with one attached hydrogen (secondary N) is 1. The number of aromatic nitrogens is 2. The predicted octanol–water partition coefficient (Wildman–Crippen LogP) is 1.88. The second-order valence-corrected chi connectivity index (χ2v) is 3.76. The lowest BCUT2D eigenvalue weighted by Gasteiger charge is -2.14. The van der Waals surface area contributed by atoms with Crippen LogP contribution in [0.5, 0.6) is 0 Å². The minimum absolute atomic E-state index is 0.172. The van der Waals surface area contributed by atoms with Crippen molar-refractivity contribution in [3.63, 3.8) is 0 Å². The monoisotopic (exact) mass is 217 g/mol. The van der Waals surface area contributed by atoms with E-state index in [-0.39, 0.29) is 6.04 Å². The Balaban J connectivity index is 2.13. The minimum atomic E-state index is 0.172. The van der Waals surface area contributed by atoms with E-state index in [2.05, 4.69) is 15.3 Å². The van der Waals surface area contributed by atoms with Crippen molar-refractivity contribution >= 4 is 0 Å². The maximum absolute atomic E-state index is 5.05. The molecule has 2 rings (SSSR count). The van der Waals surface area contributed by atoms with Crippen LogP contribution < -0.4 is 5.32 Å². The van der Waals surface area contributed by atoms with Gasteiger partial charge in [-0.05, 0) is 32.0 Å². The molecule has 16 heavy (non-hydrogen) atoms. The molecule has 1 atom stereocenters. The van der Waals surface area contributed by atoms with Crippen molar-refractivity contribution in [2.24, 2.45) is 0 Å². The van der Waals surface area contributed by atoms with Crippen LogP contribution >= 0.6 is 0 Å². The summed E-state index contributed by atoms with van der Waals surface area (Å²) >= 11 is 0. The molecule has 0 bridgehead atoms. The first-order chi connectivity index (χ1) is 7.79. The molecule has 0 saturated heterocycles. The third-order valence-electron chi connectivity index (χ3n) is 2.53. The van der Waals surface area contributed by atoms with Gasteiger partial charge < -0.3 is 9.73 Å². The zero-order valence-electron chi connectivity index (χ0n) is 9.47. The molecular weight excluding hydrogens is 202 g/mol. The van der Waals surface area contributed by atoms with Crippen LogP contribution in [-0.2, 0) is 6.42 Å². The van der Waals surface area contributed by atoms with Crippen LogP contribution in [0.1, 0.15) is 23.0 Å². The zero-order valence-corrected chi connectivity index (χ0v) is 9.47. The van der Waals surface area contributed by atoms with E-state index in [0.717, 1.165) is 23.4 Å². The Morgan fingerprint density at radius 3 is 2.81 bits per heavy atom. The van der Waals surface area contributed by atoms with E-state index in [1.54, 1.807) is 18.7 Å². The Hall–Kier alpha value is -1.68. The lowest BCUT2D eigenvalue weighted by Crippen LogP contribution is -2.20. The van der Waals surface area contributed by atoms with Gasteiger partial charge in [-0.3, -0.25) is 9.97 Å². The molecule has 0 radical (unpaired) electrons. The van der Waals surface area contributed by atoms with Gasteiger partial charge in [0.15, 0.2) is 0 Å². The van der Waals surface area contributed by atoms with Crippen LogP contribution in [0.25, 0.3) is 0 Å². The summed E-state index contributed by atoms with van der Waals surface area (Å²) in [6.07, 6.45) is 7.89. The number of furan rings is 1. The van der Waals surface area contributed by atoms with E-state index in [4.69, 9.17) is 4.42 Å². The molecule has 1 unspecified atom stereocenters. The normalized spacial score (nSPS) is 12.6. The van der Waals surface area contributed by atoms with Gasteiger partial charge in [0.25, 0.3) is 0 Å². The third-order valence-corrected chi connectivity index (χ3v) is 2.53. The molecule has 0 fully saturated rings. The minimum Gasteiger partial charge on any atom is -0.472 e. The van der Waals surface area contributed by atoms with Crippen molar-refractivity contribution in [2.75, 3.05) is 7.05 Å². The molecule has 0 aliphatic heterocycles. The summed E-state index contributed by atoms with van der Waals surface area (Å²) in [6, 6.07) is 2.14. The van der Waals surface area contributed by atoms with Crippen molar-refractivity contribution in [1.82, 2.24) is 15.3 Å². The summed E-state index contributed by atoms with van der Waals surface area (Å²) in [5.74, 6) is 0. The molecule has 2 heterocycles. The fourth-order valence-corrected chi connectivity index (χ4v) is 1.58. The number of hydrogen-bond acceptors (Lipinski definition) is 4. The Morgan fingerprint density at radius 1 is 1.38 bits per heavy atom. The smallest absolute Gasteiger partial charge is 0.0935 e. The number of rotatable bonds is 4. The van der Waals surface area contributed by atoms with E-state index in [1.165, 1.54) is 0 Å². The standard InChI is InChI=1S/C12H15N3O/c1-9-6-15-12(7-14-9)11(13-2)5-10-3-4-16-8-10/h3-4,6-8,11,13H,5H2,1-2H3. The zero-order chi connectivity index (χ0) is 11.4. The molecular formula is C12H15N3O. The van der Waals surface area contributed by atoms with Crippen LogP contribution in [0, 0.1) is 6.92 Å². The lowest BCUT2D eigenvalue weighted by atomic mass is 10.1. The van der Waals surface area contributed by atoms with Crippen molar-refractivity contribution < 1.29 is 4.42 Å². The van der Waals surface area contributed by atoms with Gasteiger partial charge in [0.1, 0.15) is 0 Å². The highest BCUT2D eigenvalue weighted by Gasteiger charge is 2.12. The van der Waals surface area contributed by atoms with Crippen LogP contribution in [0.15, 0.2) is 35.4 Å². The van der Waals surface area contributed by atoms with Gasteiger partial charge >= 0.3 is 0 Å². The molecule has 0 spiro atoms. The maximum Gasteiger partial charge on any atom is 0.0935 e. The molecule has 0 aromatic carbocycles. The SMILES string of the molecule is CNC(Cc1ccoc1)c1cnc(C)cn1. The predicted molar refractivity (Wildman–Crippen MR) is 61.0 cm³/mol. The first-order valence-electron chi connectivity index (χ1n) is 5.26. The summed E-state index contributed by atoms with van der Waals surface area (Å²) in [7, 11) is 1.92. The molecule has 4 heteroatoms. The van der Waals surface area contributed by atoms with Gasteiger partial charge in [0.2, 0.25) is 0 Å². The summed E-state index contributed by atoms with van der Waals surface area (Å²) in [6.45, 7) is 1.93. The molecule has 0 amide bonds. The van der Waals surface area contributed by atoms with Crippen molar-refractivity contribution in [3.8, 4) is 0 Å². The fraction of sp³-hybridized carbons (Fsp3) is 0.333. The first-order valence-corrected chi connectivity index (χ1v) is 5.26. The molecule has 84 valence electrons. The van der Waals surface area contributed by atoms with Gasteiger partial charge in [-0.2, -0.15) is 0 Å². The molecule has 2 aromatic rings. The molecule has 4 nitrogen and oxygen atoms in total. The summed E-state index contributed by atoms with van der Waals surface area (Å²) in [4.78, 5) is 8.63. The van der Waals surface area contributed by atoms with Gasteiger partial charge in [-0.15, -0.1) is 0 Å². The van der Waals surface area contributed by atoms with Crippen molar-refractivity contribution in [1.29, 1.82) is 0 Å². The van der Waals surface area contributed by atoms with Gasteiger partial charge in [0.05, 0.1) is 36.2 Å². The molecule has 0 aliphatic rings. The van der Waals surface area contributed by atoms with Crippen LogP contribution in [-0.4, -0.2) is 17.0 Å². The highest BCUT2D eigenvalue weighted by Crippen LogP contribution is 2.15. The first kappa shape index (κ1) is 10.8. The molecule has 2 aromatic heterocycles. The number of likely N-dealkylation sites (N-methyl/N-ethyl adjacent to an activating group) is 1. The van der Waals surface area contributed by atoms with Crippen molar-refractivity contribution in [3.05, 3.63) is 47.9 Å². The molecule has 1 N–H and O–H groups in total. The fourth-order valence-electron chi connectivity index (χ4n) is 1.58. The van der Waals surface area contributed by atoms with Crippen molar-refractivity contribution in [2.45, 2.75) is 19.4 Å². The Labute approximate surface area is 94.7 Å². The highest BCUT2D eigenvalue weighted by atomic mass is 16.3. The second-order valence-electron chi connectivity index (χ2n) is 3.76. The number of nitrogens with zero attached hydrogens (tertiary/aromatic N) is 2. The van der Waals surface area contributed by atoms with Gasteiger partial charge in [0, 0.05) is 6.20 Å². The summed E-state index contributed by atoms with van der Waals surface area (Å²) in [5.41, 5.74) is 3.04. The van der Waals surface area contributed by atoms with Crippen LogP contribution in [0.4, 0.5) is 0 Å². The van der Waals surface area contributed by atoms with Gasteiger partial charge in [-0.1, -0.05) is 0 Å². The van der Waals surface area contributed by atoms with Gasteiger partial charge in [-0.25, -0.2) is 0 Å². The number of aryl methyl sites for hydroxylation is 1. The van der Waals surface area contributed by atoms with E-state index in [9.17, 15) is 0 Å². The van der Waals surface area contributed by atoms with E-state index in [1.807, 2.05) is 26.2 Å². The Morgan fingerprint density at radius 2 is 2.25 bits per heavy atom. The third kappa shape index (κ3) is 2.46. The summed E-state index contributed by atoms with van der Waals surface area (Å²) in [5, 5.41) is 3.23. The van der Waals surface area contributed by atoms with E-state index < -0.39 is 0 Å². The number of hydrogen-bond donors (Lipinski definition) is 1. The highest BCUT2D eigenvalue weighted by molar-refractivity contribution is 5.13. The topological polar surface area (TPSA) is 51.0 Å². The molecule has 0 saturated carbocycles. The maximum atomic E-state index is 5.05. The lowest BCUT2D eigenvalue weighted by molar-refractivity contribution is 0.546. The van der Waals surface area contributed by atoms with Crippen LogP contribution in [0.2, 0.25) is 0 Å². The molecule has 0 aliphatic carbocycles. The second kappa shape index (κ2) is 4.90. The van der Waals surface area contributed by atoms with E-state index >= 15 is 0 Å². The Bertz CT molecular complexity index is 422. The average molecular weight is 217 g/mol. The largest absolute Gasteiger partial charge is 0.472 e. The quantitative estimate of drug-likeness (QED) is 0.849. The average Bonchev–Trinajstić information content (AvgIpc) is 2.80.